The lowest BCUT2D eigenvalue weighted by atomic mass is 10.1. The molecule has 0 aliphatic rings. The summed E-state index contributed by atoms with van der Waals surface area (Å²) >= 11 is 0. The Morgan fingerprint density at radius 2 is 1.09 bits per heavy atom. The van der Waals surface area contributed by atoms with Crippen LogP contribution in [0.2, 0.25) is 0 Å². The van der Waals surface area contributed by atoms with E-state index in [1.54, 1.807) is 0 Å². The Hall–Kier alpha value is -1.55. The molecule has 0 aromatic heterocycles. The van der Waals surface area contributed by atoms with E-state index in [0.29, 0.717) is 12.8 Å². The van der Waals surface area contributed by atoms with Gasteiger partial charge in [-0.1, -0.05) is 109 Å². The number of carbonyl (C=O) groups is 2. The number of phosphoric acid groups is 1. The van der Waals surface area contributed by atoms with Gasteiger partial charge in [-0.15, -0.1) is 0 Å². The van der Waals surface area contributed by atoms with Crippen LogP contribution in [0.5, 0.6) is 0 Å². The standard InChI is InChI=1S/C36H67O10P/c1-3-5-7-9-11-13-15-16-17-18-20-22-24-26-28-36(40)46-34(32-45-47(41,42)44-30-33(38)29-37)31-43-35(39)27-25-23-21-19-14-12-10-8-6-4-2/h8,10,15-16,33-34,37-38H,3-7,9,11-14,17-32H2,1-2H3,(H,41,42)/b10-8-,16-15-. The van der Waals surface area contributed by atoms with Crippen molar-refractivity contribution < 1.29 is 47.8 Å². The molecule has 0 saturated carbocycles. The average molecular weight is 691 g/mol. The zero-order valence-electron chi connectivity index (χ0n) is 29.5. The van der Waals surface area contributed by atoms with E-state index in [1.807, 2.05) is 0 Å². The van der Waals surface area contributed by atoms with Crippen molar-refractivity contribution in [2.24, 2.45) is 0 Å². The highest BCUT2D eigenvalue weighted by Gasteiger charge is 2.27. The molecule has 0 amide bonds. The van der Waals surface area contributed by atoms with Crippen LogP contribution in [-0.4, -0.2) is 65.7 Å². The van der Waals surface area contributed by atoms with Gasteiger partial charge in [-0.05, 0) is 57.8 Å². The molecule has 0 spiro atoms. The first-order valence-corrected chi connectivity index (χ1v) is 19.8. The summed E-state index contributed by atoms with van der Waals surface area (Å²) in [5, 5.41) is 18.2. The summed E-state index contributed by atoms with van der Waals surface area (Å²) in [6.07, 6.45) is 28.7. The zero-order chi connectivity index (χ0) is 34.9. The number of carbonyl (C=O) groups excluding carboxylic acids is 2. The quantitative estimate of drug-likeness (QED) is 0.0259. The second kappa shape index (κ2) is 33.0. The highest BCUT2D eigenvalue weighted by Crippen LogP contribution is 2.43. The molecule has 0 rings (SSSR count). The molecular weight excluding hydrogens is 623 g/mol. The van der Waals surface area contributed by atoms with E-state index in [1.165, 1.54) is 32.1 Å². The zero-order valence-corrected chi connectivity index (χ0v) is 30.4. The van der Waals surface area contributed by atoms with Crippen molar-refractivity contribution in [2.75, 3.05) is 26.4 Å². The number of aliphatic hydroxyl groups is 2. The van der Waals surface area contributed by atoms with Crippen molar-refractivity contribution in [1.29, 1.82) is 0 Å². The van der Waals surface area contributed by atoms with E-state index in [4.69, 9.17) is 19.1 Å². The molecule has 0 bridgehead atoms. The Kier molecular flexibility index (Phi) is 31.9. The van der Waals surface area contributed by atoms with E-state index < -0.39 is 51.8 Å². The van der Waals surface area contributed by atoms with Gasteiger partial charge in [0.05, 0.1) is 19.8 Å². The van der Waals surface area contributed by atoms with Crippen LogP contribution in [0.4, 0.5) is 0 Å². The highest BCUT2D eigenvalue weighted by molar-refractivity contribution is 7.47. The van der Waals surface area contributed by atoms with Gasteiger partial charge in [0.2, 0.25) is 0 Å². The molecule has 10 nitrogen and oxygen atoms in total. The lowest BCUT2D eigenvalue weighted by Gasteiger charge is -2.20. The van der Waals surface area contributed by atoms with E-state index in [0.717, 1.165) is 83.5 Å². The van der Waals surface area contributed by atoms with E-state index in [-0.39, 0.29) is 19.4 Å². The maximum absolute atomic E-state index is 12.5. The van der Waals surface area contributed by atoms with E-state index in [2.05, 4.69) is 42.7 Å². The third-order valence-electron chi connectivity index (χ3n) is 7.56. The Labute approximate surface area is 285 Å². The number of phosphoric ester groups is 1. The molecule has 0 radical (unpaired) electrons. The molecule has 0 aliphatic carbocycles. The number of hydrogen-bond acceptors (Lipinski definition) is 9. The van der Waals surface area contributed by atoms with Gasteiger partial charge in [0, 0.05) is 12.8 Å². The first-order chi connectivity index (χ1) is 22.7. The van der Waals surface area contributed by atoms with Crippen molar-refractivity contribution in [1.82, 2.24) is 0 Å². The number of ether oxygens (including phenoxy) is 2. The Morgan fingerprint density at radius 3 is 1.62 bits per heavy atom. The number of allylic oxidation sites excluding steroid dienone is 4. The second-order valence-electron chi connectivity index (χ2n) is 12.2. The summed E-state index contributed by atoms with van der Waals surface area (Å²) < 4.78 is 32.5. The maximum Gasteiger partial charge on any atom is 0.472 e. The van der Waals surface area contributed by atoms with Gasteiger partial charge >= 0.3 is 19.8 Å². The van der Waals surface area contributed by atoms with Crippen LogP contribution in [0.1, 0.15) is 155 Å². The molecule has 47 heavy (non-hydrogen) atoms. The van der Waals surface area contributed by atoms with E-state index in [9.17, 15) is 24.2 Å². The third-order valence-corrected chi connectivity index (χ3v) is 8.51. The van der Waals surface area contributed by atoms with Gasteiger partial charge in [-0.3, -0.25) is 18.6 Å². The van der Waals surface area contributed by atoms with Gasteiger partial charge in [0.25, 0.3) is 0 Å². The van der Waals surface area contributed by atoms with Crippen LogP contribution < -0.4 is 0 Å². The fraction of sp³-hybridized carbons (Fsp3) is 0.833. The summed E-state index contributed by atoms with van der Waals surface area (Å²) in [6, 6.07) is 0. The molecule has 3 atom stereocenters. The fourth-order valence-corrected chi connectivity index (χ4v) is 5.48. The minimum atomic E-state index is -4.61. The average Bonchev–Trinajstić information content (AvgIpc) is 3.05. The molecule has 3 unspecified atom stereocenters. The lowest BCUT2D eigenvalue weighted by molar-refractivity contribution is -0.161. The number of hydrogen-bond donors (Lipinski definition) is 3. The number of esters is 2. The topological polar surface area (TPSA) is 149 Å². The molecule has 0 heterocycles. The van der Waals surface area contributed by atoms with Crippen LogP contribution >= 0.6 is 7.82 Å². The normalized spacial score (nSPS) is 14.4. The summed E-state index contributed by atoms with van der Waals surface area (Å²) in [7, 11) is -4.61. The molecule has 11 heteroatoms. The van der Waals surface area contributed by atoms with Crippen molar-refractivity contribution in [3.8, 4) is 0 Å². The minimum Gasteiger partial charge on any atom is -0.462 e. The van der Waals surface area contributed by atoms with Gasteiger partial charge in [0.15, 0.2) is 6.10 Å². The Bertz CT molecular complexity index is 848. The predicted molar refractivity (Wildman–Crippen MR) is 187 cm³/mol. The smallest absolute Gasteiger partial charge is 0.462 e. The summed E-state index contributed by atoms with van der Waals surface area (Å²) in [6.45, 7) is 2.26. The Balaban J connectivity index is 4.41. The molecule has 276 valence electrons. The molecule has 0 aromatic rings. The summed E-state index contributed by atoms with van der Waals surface area (Å²) in [5.41, 5.74) is 0. The molecule has 0 saturated heterocycles. The minimum absolute atomic E-state index is 0.173. The van der Waals surface area contributed by atoms with Crippen molar-refractivity contribution in [3.05, 3.63) is 24.3 Å². The SMILES string of the molecule is CCC/C=C\CCCCCCCC(=O)OCC(COP(=O)(O)OCC(O)CO)OC(=O)CCCCCCC/C=C\CCCCCCC. The van der Waals surface area contributed by atoms with Crippen LogP contribution in [0.25, 0.3) is 0 Å². The van der Waals surface area contributed by atoms with Crippen molar-refractivity contribution in [3.63, 3.8) is 0 Å². The van der Waals surface area contributed by atoms with Gasteiger partial charge < -0.3 is 24.6 Å². The van der Waals surface area contributed by atoms with Crippen LogP contribution in [0, 0.1) is 0 Å². The van der Waals surface area contributed by atoms with Crippen LogP contribution in [0.3, 0.4) is 0 Å². The molecule has 0 aromatic carbocycles. The molecule has 3 N–H and O–H groups in total. The summed E-state index contributed by atoms with van der Waals surface area (Å²) in [5.74, 6) is -0.949. The monoisotopic (exact) mass is 690 g/mol. The van der Waals surface area contributed by atoms with Crippen LogP contribution in [-0.2, 0) is 32.7 Å². The molecule has 0 fully saturated rings. The van der Waals surface area contributed by atoms with E-state index >= 15 is 0 Å². The van der Waals surface area contributed by atoms with Gasteiger partial charge in [0.1, 0.15) is 12.7 Å². The molecule has 0 aliphatic heterocycles. The molecular formula is C36H67O10P. The van der Waals surface area contributed by atoms with Crippen LogP contribution in [0.15, 0.2) is 24.3 Å². The number of aliphatic hydroxyl groups excluding tert-OH is 2. The van der Waals surface area contributed by atoms with Gasteiger partial charge in [-0.25, -0.2) is 4.57 Å². The summed E-state index contributed by atoms with van der Waals surface area (Å²) in [4.78, 5) is 34.7. The van der Waals surface area contributed by atoms with Crippen molar-refractivity contribution >= 4 is 19.8 Å². The number of rotatable bonds is 34. The first-order valence-electron chi connectivity index (χ1n) is 18.3. The first kappa shape index (κ1) is 45.5. The number of unbranched alkanes of at least 4 members (excludes halogenated alkanes) is 16. The predicted octanol–water partition coefficient (Wildman–Crippen LogP) is 8.66. The maximum atomic E-state index is 12.5. The lowest BCUT2D eigenvalue weighted by Crippen LogP contribution is -2.29. The highest BCUT2D eigenvalue weighted by atomic mass is 31.2. The largest absolute Gasteiger partial charge is 0.472 e. The Morgan fingerprint density at radius 1 is 0.617 bits per heavy atom. The fourth-order valence-electron chi connectivity index (χ4n) is 4.69. The van der Waals surface area contributed by atoms with Crippen molar-refractivity contribution in [2.45, 2.75) is 167 Å². The third kappa shape index (κ3) is 32.8. The van der Waals surface area contributed by atoms with Gasteiger partial charge in [-0.2, -0.15) is 0 Å². The second-order valence-corrected chi connectivity index (χ2v) is 13.7.